The topological polar surface area (TPSA) is 59.3 Å². The van der Waals surface area contributed by atoms with Crippen LogP contribution < -0.4 is 10.1 Å². The maximum atomic E-state index is 9.79. The van der Waals surface area contributed by atoms with Crippen LogP contribution in [0, 0.1) is 17.3 Å². The van der Waals surface area contributed by atoms with Gasteiger partial charge in [-0.1, -0.05) is 37.8 Å². The lowest BCUT2D eigenvalue weighted by Gasteiger charge is -2.36. The van der Waals surface area contributed by atoms with Crippen molar-refractivity contribution >= 4 is 0 Å². The molecule has 0 bridgehead atoms. The smallest absolute Gasteiger partial charge is 0.120 e. The van der Waals surface area contributed by atoms with E-state index in [0.717, 1.165) is 36.4 Å². The minimum absolute atomic E-state index is 0.172. The van der Waals surface area contributed by atoms with E-state index in [2.05, 4.69) is 60.0 Å². The van der Waals surface area contributed by atoms with Crippen molar-refractivity contribution in [3.8, 4) is 23.3 Å². The Morgan fingerprint density at radius 2 is 1.85 bits per heavy atom. The van der Waals surface area contributed by atoms with E-state index >= 15 is 0 Å². The van der Waals surface area contributed by atoms with Crippen molar-refractivity contribution in [2.75, 3.05) is 7.11 Å². The lowest BCUT2D eigenvalue weighted by molar-refractivity contribution is 0.143. The molecule has 1 atom stereocenters. The molecular weight excluding hydrogens is 410 g/mol. The number of hydrogen-bond donors (Lipinski definition) is 2. The first-order valence-electron chi connectivity index (χ1n) is 11.4. The zero-order valence-electron chi connectivity index (χ0n) is 20.1. The molecule has 172 valence electrons. The molecule has 0 spiro atoms. The van der Waals surface area contributed by atoms with Crippen molar-refractivity contribution in [3.05, 3.63) is 77.1 Å². The number of methoxy groups -OCH3 is 1. The average molecular weight is 444 g/mol. The van der Waals surface area contributed by atoms with Crippen molar-refractivity contribution < 1.29 is 9.84 Å². The van der Waals surface area contributed by atoms with Crippen molar-refractivity contribution in [1.29, 1.82) is 0 Å². The molecule has 0 saturated carbocycles. The van der Waals surface area contributed by atoms with Crippen LogP contribution in [-0.4, -0.2) is 27.6 Å². The molecule has 5 nitrogen and oxygen atoms in total. The molecule has 0 aliphatic heterocycles. The van der Waals surface area contributed by atoms with E-state index in [1.165, 1.54) is 16.8 Å². The Labute approximate surface area is 196 Å². The van der Waals surface area contributed by atoms with E-state index in [1.54, 1.807) is 21.0 Å². The van der Waals surface area contributed by atoms with Crippen molar-refractivity contribution in [3.63, 3.8) is 0 Å². The molecule has 1 heterocycles. The predicted molar refractivity (Wildman–Crippen MR) is 131 cm³/mol. The van der Waals surface area contributed by atoms with Gasteiger partial charge in [0.05, 0.1) is 19.0 Å². The highest BCUT2D eigenvalue weighted by atomic mass is 16.5. The van der Waals surface area contributed by atoms with Gasteiger partial charge in [-0.15, -0.1) is 0 Å². The van der Waals surface area contributed by atoms with E-state index in [4.69, 9.17) is 9.84 Å². The highest BCUT2D eigenvalue weighted by Gasteiger charge is 2.35. The molecule has 1 unspecified atom stereocenters. The molecule has 4 rings (SSSR count). The first kappa shape index (κ1) is 23.1. The molecule has 2 N–H and O–H groups in total. The zero-order chi connectivity index (χ0) is 23.6. The third kappa shape index (κ3) is 5.65. The van der Waals surface area contributed by atoms with Crippen molar-refractivity contribution in [1.82, 2.24) is 15.1 Å². The second kappa shape index (κ2) is 9.05. The SMILES string of the molecule is COc1ccc(-n2ncc3c2CC(C)(C)CC3NCc2ccc(C#CC(C)(C)O)cc2)cc1. The molecular formula is C28H33N3O2. The summed E-state index contributed by atoms with van der Waals surface area (Å²) in [6, 6.07) is 16.5. The van der Waals surface area contributed by atoms with Gasteiger partial charge in [-0.25, -0.2) is 4.68 Å². The third-order valence-electron chi connectivity index (χ3n) is 6.02. The first-order chi connectivity index (χ1) is 15.6. The Kier molecular flexibility index (Phi) is 6.34. The number of aliphatic hydroxyl groups is 1. The first-order valence-corrected chi connectivity index (χ1v) is 11.4. The summed E-state index contributed by atoms with van der Waals surface area (Å²) in [5.74, 6) is 6.73. The van der Waals surface area contributed by atoms with Crippen molar-refractivity contribution in [2.45, 2.75) is 58.7 Å². The molecule has 0 saturated heterocycles. The number of aromatic nitrogens is 2. The lowest BCUT2D eigenvalue weighted by atomic mass is 9.74. The highest BCUT2D eigenvalue weighted by molar-refractivity contribution is 5.41. The van der Waals surface area contributed by atoms with Crippen LogP contribution in [0.15, 0.2) is 54.7 Å². The van der Waals surface area contributed by atoms with E-state index < -0.39 is 5.60 Å². The van der Waals surface area contributed by atoms with Crippen LogP contribution in [0.1, 0.15) is 62.5 Å². The summed E-state index contributed by atoms with van der Waals surface area (Å²) in [6.07, 6.45) is 4.06. The molecule has 1 aromatic heterocycles. The predicted octanol–water partition coefficient (Wildman–Crippen LogP) is 4.81. The summed E-state index contributed by atoms with van der Waals surface area (Å²) in [6.45, 7) is 8.80. The number of benzene rings is 2. The largest absolute Gasteiger partial charge is 0.497 e. The minimum atomic E-state index is -0.984. The number of hydrogen-bond acceptors (Lipinski definition) is 4. The number of fused-ring (bicyclic) bond motifs is 1. The van der Waals surface area contributed by atoms with Gasteiger partial charge in [0.2, 0.25) is 0 Å². The van der Waals surface area contributed by atoms with E-state index in [9.17, 15) is 5.11 Å². The van der Waals surface area contributed by atoms with Gasteiger partial charge in [0.1, 0.15) is 11.4 Å². The molecule has 0 fully saturated rings. The maximum Gasteiger partial charge on any atom is 0.120 e. The van der Waals surface area contributed by atoms with Crippen LogP contribution in [0.25, 0.3) is 5.69 Å². The summed E-state index contributed by atoms with van der Waals surface area (Å²) in [5, 5.41) is 18.3. The Morgan fingerprint density at radius 1 is 1.15 bits per heavy atom. The average Bonchev–Trinajstić information content (AvgIpc) is 3.19. The number of rotatable bonds is 5. The number of nitrogens with zero attached hydrogens (tertiary/aromatic N) is 2. The van der Waals surface area contributed by atoms with Gasteiger partial charge in [0.25, 0.3) is 0 Å². The molecule has 3 aromatic rings. The summed E-state index contributed by atoms with van der Waals surface area (Å²) in [5.41, 5.74) is 4.90. The van der Waals surface area contributed by atoms with Crippen LogP contribution in [0.2, 0.25) is 0 Å². The fourth-order valence-electron chi connectivity index (χ4n) is 4.34. The van der Waals surface area contributed by atoms with Crippen LogP contribution in [0.3, 0.4) is 0 Å². The summed E-state index contributed by atoms with van der Waals surface area (Å²) in [4.78, 5) is 0. The Bertz CT molecular complexity index is 1160. The van der Waals surface area contributed by atoms with Crippen LogP contribution >= 0.6 is 0 Å². The van der Waals surface area contributed by atoms with E-state index in [-0.39, 0.29) is 11.5 Å². The molecule has 0 amide bonds. The van der Waals surface area contributed by atoms with Crippen molar-refractivity contribution in [2.24, 2.45) is 5.41 Å². The fourth-order valence-corrected chi connectivity index (χ4v) is 4.34. The standard InChI is InChI=1S/C28H33N3O2/c1-27(2)16-25(29-18-21-8-6-20(7-9-21)14-15-28(3,4)32)24-19-30-31(26(24)17-27)22-10-12-23(33-5)13-11-22/h6-13,19,25,29,32H,16-18H2,1-5H3. The van der Waals surface area contributed by atoms with Gasteiger partial charge >= 0.3 is 0 Å². The third-order valence-corrected chi connectivity index (χ3v) is 6.02. The second-order valence-corrected chi connectivity index (χ2v) is 10.1. The molecule has 33 heavy (non-hydrogen) atoms. The Balaban J connectivity index is 1.51. The van der Waals surface area contributed by atoms with Gasteiger partial charge < -0.3 is 15.2 Å². The number of nitrogens with one attached hydrogen (secondary N) is 1. The van der Waals surface area contributed by atoms with Gasteiger partial charge in [-0.05, 0) is 74.1 Å². The minimum Gasteiger partial charge on any atom is -0.497 e. The van der Waals surface area contributed by atoms with Crippen LogP contribution in [0.5, 0.6) is 5.75 Å². The van der Waals surface area contributed by atoms with Gasteiger partial charge in [0, 0.05) is 29.4 Å². The van der Waals surface area contributed by atoms with Gasteiger partial charge in [0.15, 0.2) is 0 Å². The second-order valence-electron chi connectivity index (χ2n) is 10.1. The molecule has 0 radical (unpaired) electrons. The Hall–Kier alpha value is -3.07. The van der Waals surface area contributed by atoms with E-state index in [0.29, 0.717) is 0 Å². The normalized spacial score (nSPS) is 17.1. The van der Waals surface area contributed by atoms with Crippen LogP contribution in [-0.2, 0) is 13.0 Å². The van der Waals surface area contributed by atoms with Gasteiger partial charge in [-0.3, -0.25) is 0 Å². The monoisotopic (exact) mass is 443 g/mol. The molecule has 1 aliphatic carbocycles. The summed E-state index contributed by atoms with van der Waals surface area (Å²) in [7, 11) is 1.68. The molecule has 2 aromatic carbocycles. The maximum absolute atomic E-state index is 9.79. The quantitative estimate of drug-likeness (QED) is 0.556. The van der Waals surface area contributed by atoms with E-state index in [1.807, 2.05) is 30.5 Å². The summed E-state index contributed by atoms with van der Waals surface area (Å²) < 4.78 is 7.37. The fraction of sp³-hybridized carbons (Fsp3) is 0.393. The zero-order valence-corrected chi connectivity index (χ0v) is 20.1. The van der Waals surface area contributed by atoms with Gasteiger partial charge in [-0.2, -0.15) is 5.10 Å². The van der Waals surface area contributed by atoms with Crippen LogP contribution in [0.4, 0.5) is 0 Å². The molecule has 5 heteroatoms. The Morgan fingerprint density at radius 3 is 2.48 bits per heavy atom. The lowest BCUT2D eigenvalue weighted by Crippen LogP contribution is -2.33. The summed E-state index contributed by atoms with van der Waals surface area (Å²) >= 11 is 0. The number of ether oxygens (including phenoxy) is 1. The highest BCUT2D eigenvalue weighted by Crippen LogP contribution is 2.41. The molecule has 1 aliphatic rings.